The molecule has 1 aliphatic carbocycles. The van der Waals surface area contributed by atoms with Crippen LogP contribution in [0.4, 0.5) is 10.7 Å². The van der Waals surface area contributed by atoms with Crippen LogP contribution in [-0.2, 0) is 0 Å². The van der Waals surface area contributed by atoms with Gasteiger partial charge in [-0.05, 0) is 37.9 Å². The first-order valence-corrected chi connectivity index (χ1v) is 9.33. The van der Waals surface area contributed by atoms with Crippen LogP contribution in [0, 0.1) is 11.8 Å². The van der Waals surface area contributed by atoms with Crippen molar-refractivity contribution in [2.45, 2.75) is 44.4 Å². The van der Waals surface area contributed by atoms with Gasteiger partial charge in [-0.25, -0.2) is 0 Å². The molecule has 1 heterocycles. The smallest absolute Gasteiger partial charge is 0.178 e. The van der Waals surface area contributed by atoms with Crippen molar-refractivity contribution in [3.05, 3.63) is 4.88 Å². The normalized spacial score (nSPS) is 14.8. The summed E-state index contributed by atoms with van der Waals surface area (Å²) in [4.78, 5) is 14.0. The molecule has 0 spiro atoms. The average Bonchev–Trinajstić information content (AvgIpc) is 3.19. The predicted octanol–water partition coefficient (Wildman–Crippen LogP) is 4.49. The molecule has 3 nitrogen and oxygen atoms in total. The van der Waals surface area contributed by atoms with E-state index >= 15 is 0 Å². The van der Waals surface area contributed by atoms with Gasteiger partial charge in [-0.15, -0.1) is 23.1 Å². The molecule has 0 unspecified atom stereocenters. The van der Waals surface area contributed by atoms with Crippen molar-refractivity contribution in [3.8, 4) is 0 Å². The van der Waals surface area contributed by atoms with Crippen molar-refractivity contribution < 1.29 is 4.79 Å². The number of nitrogens with one attached hydrogen (secondary N) is 1. The van der Waals surface area contributed by atoms with Crippen molar-refractivity contribution >= 4 is 39.6 Å². The molecule has 3 N–H and O–H groups in total. The van der Waals surface area contributed by atoms with E-state index in [0.717, 1.165) is 46.5 Å². The minimum Gasteiger partial charge on any atom is -0.396 e. The maximum absolute atomic E-state index is 12.2. The quantitative estimate of drug-likeness (QED) is 0.422. The van der Waals surface area contributed by atoms with Crippen LogP contribution in [0.5, 0.6) is 0 Å². The Kier molecular flexibility index (Phi) is 5.38. The lowest BCUT2D eigenvalue weighted by Gasteiger charge is -2.07. The van der Waals surface area contributed by atoms with Gasteiger partial charge < -0.3 is 11.1 Å². The number of nitrogens with two attached hydrogens (primary N) is 1. The highest BCUT2D eigenvalue weighted by Gasteiger charge is 2.33. The number of Topliss-reactive ketones (excluding diaryl/α,β-unsaturated/α-hetero) is 1. The van der Waals surface area contributed by atoms with Gasteiger partial charge in [-0.3, -0.25) is 4.79 Å². The summed E-state index contributed by atoms with van der Waals surface area (Å²) < 4.78 is 0. The molecule has 2 rings (SSSR count). The largest absolute Gasteiger partial charge is 0.396 e. The third-order valence-corrected chi connectivity index (χ3v) is 5.66. The fraction of sp³-hybridized carbons (Fsp3) is 0.667. The zero-order chi connectivity index (χ0) is 14.7. The zero-order valence-corrected chi connectivity index (χ0v) is 14.1. The minimum atomic E-state index is 0.236. The number of ketones is 1. The van der Waals surface area contributed by atoms with E-state index in [0.29, 0.717) is 5.69 Å². The fourth-order valence-electron chi connectivity index (χ4n) is 2.17. The van der Waals surface area contributed by atoms with Crippen LogP contribution in [0.25, 0.3) is 0 Å². The number of anilines is 2. The third kappa shape index (κ3) is 3.70. The topological polar surface area (TPSA) is 55.1 Å². The van der Waals surface area contributed by atoms with Crippen LogP contribution >= 0.6 is 23.1 Å². The van der Waals surface area contributed by atoms with Gasteiger partial charge >= 0.3 is 0 Å². The molecule has 0 aliphatic heterocycles. The Bertz CT molecular complexity index is 478. The van der Waals surface area contributed by atoms with Gasteiger partial charge in [0.15, 0.2) is 5.78 Å². The highest BCUT2D eigenvalue weighted by atomic mass is 32.2. The van der Waals surface area contributed by atoms with Gasteiger partial charge in [0.2, 0.25) is 0 Å². The van der Waals surface area contributed by atoms with Crippen LogP contribution in [0.2, 0.25) is 0 Å². The molecule has 1 saturated carbocycles. The lowest BCUT2D eigenvalue weighted by atomic mass is 10.1. The molecule has 0 amide bonds. The Labute approximate surface area is 129 Å². The number of carbonyl (C=O) groups is 1. The lowest BCUT2D eigenvalue weighted by Crippen LogP contribution is -2.02. The minimum absolute atomic E-state index is 0.236. The summed E-state index contributed by atoms with van der Waals surface area (Å²) in [6.45, 7) is 5.43. The molecule has 5 heteroatoms. The lowest BCUT2D eigenvalue weighted by molar-refractivity contribution is 0.0972. The van der Waals surface area contributed by atoms with Gasteiger partial charge in [0.05, 0.1) is 15.5 Å². The Morgan fingerprint density at radius 2 is 2.20 bits per heavy atom. The second-order valence-corrected chi connectivity index (χ2v) is 7.65. The first-order valence-electron chi connectivity index (χ1n) is 7.29. The molecule has 1 aromatic rings. The number of hydrogen-bond acceptors (Lipinski definition) is 5. The van der Waals surface area contributed by atoms with Gasteiger partial charge in [0, 0.05) is 12.5 Å². The second-order valence-electron chi connectivity index (χ2n) is 5.81. The fourth-order valence-corrected chi connectivity index (χ4v) is 4.25. The van der Waals surface area contributed by atoms with Gasteiger partial charge in [0.25, 0.3) is 0 Å². The summed E-state index contributed by atoms with van der Waals surface area (Å²) in [5.41, 5.74) is 6.85. The van der Waals surface area contributed by atoms with Gasteiger partial charge in [-0.1, -0.05) is 13.8 Å². The zero-order valence-electron chi connectivity index (χ0n) is 12.5. The van der Waals surface area contributed by atoms with E-state index in [-0.39, 0.29) is 11.7 Å². The molecular formula is C15H24N2OS2. The molecule has 0 radical (unpaired) electrons. The van der Waals surface area contributed by atoms with Crippen LogP contribution in [0.3, 0.4) is 0 Å². The molecule has 0 aromatic carbocycles. The van der Waals surface area contributed by atoms with Gasteiger partial charge in [-0.2, -0.15) is 0 Å². The number of rotatable bonds is 8. The molecule has 1 aliphatic rings. The standard InChI is InChI=1S/C15H24N2OS2/c1-9(2)5-4-8-17-15-14(19-3)11(16)13(20-15)12(18)10-6-7-10/h9-10,17H,4-8,16H2,1-3H3. The van der Waals surface area contributed by atoms with Crippen LogP contribution in [0.1, 0.15) is 49.2 Å². The Morgan fingerprint density at radius 1 is 1.50 bits per heavy atom. The number of carbonyl (C=O) groups excluding carboxylic acids is 1. The van der Waals surface area contributed by atoms with Crippen LogP contribution in [-0.4, -0.2) is 18.6 Å². The summed E-state index contributed by atoms with van der Waals surface area (Å²) in [5.74, 6) is 1.22. The van der Waals surface area contributed by atoms with Crippen molar-refractivity contribution in [2.24, 2.45) is 11.8 Å². The monoisotopic (exact) mass is 312 g/mol. The van der Waals surface area contributed by atoms with E-state index in [1.54, 1.807) is 11.8 Å². The average molecular weight is 313 g/mol. The van der Waals surface area contributed by atoms with Crippen LogP contribution in [0.15, 0.2) is 4.90 Å². The Hall–Kier alpha value is -0.680. The van der Waals surface area contributed by atoms with Crippen molar-refractivity contribution in [3.63, 3.8) is 0 Å². The Balaban J connectivity index is 2.03. The van der Waals surface area contributed by atoms with E-state index in [2.05, 4.69) is 19.2 Å². The van der Waals surface area contributed by atoms with Crippen molar-refractivity contribution in [2.75, 3.05) is 23.9 Å². The molecular weight excluding hydrogens is 288 g/mol. The third-order valence-electron chi connectivity index (χ3n) is 3.52. The van der Waals surface area contributed by atoms with Gasteiger partial charge in [0.1, 0.15) is 5.00 Å². The summed E-state index contributed by atoms with van der Waals surface area (Å²) in [6, 6.07) is 0. The SMILES string of the molecule is CSc1c(NCCCC(C)C)sc(C(=O)C2CC2)c1N. The van der Waals surface area contributed by atoms with E-state index < -0.39 is 0 Å². The first-order chi connectivity index (χ1) is 9.54. The summed E-state index contributed by atoms with van der Waals surface area (Å²) in [5, 5.41) is 4.53. The predicted molar refractivity (Wildman–Crippen MR) is 90.1 cm³/mol. The van der Waals surface area contributed by atoms with Crippen molar-refractivity contribution in [1.82, 2.24) is 0 Å². The summed E-state index contributed by atoms with van der Waals surface area (Å²) in [7, 11) is 0. The molecule has 0 bridgehead atoms. The highest BCUT2D eigenvalue weighted by Crippen LogP contribution is 2.45. The first kappa shape index (κ1) is 15.7. The van der Waals surface area contributed by atoms with E-state index in [1.165, 1.54) is 17.8 Å². The maximum Gasteiger partial charge on any atom is 0.178 e. The second kappa shape index (κ2) is 6.85. The highest BCUT2D eigenvalue weighted by molar-refractivity contribution is 7.99. The number of thioether (sulfide) groups is 1. The molecule has 20 heavy (non-hydrogen) atoms. The maximum atomic E-state index is 12.2. The van der Waals surface area contributed by atoms with Crippen LogP contribution < -0.4 is 11.1 Å². The van der Waals surface area contributed by atoms with E-state index in [9.17, 15) is 4.79 Å². The van der Waals surface area contributed by atoms with E-state index in [1.807, 2.05) is 6.26 Å². The number of nitrogen functional groups attached to an aromatic ring is 1. The number of hydrogen-bond donors (Lipinski definition) is 2. The Morgan fingerprint density at radius 3 is 2.75 bits per heavy atom. The van der Waals surface area contributed by atoms with Crippen molar-refractivity contribution in [1.29, 1.82) is 0 Å². The summed E-state index contributed by atoms with van der Waals surface area (Å²) in [6.07, 6.45) is 6.44. The molecule has 0 saturated heterocycles. The number of thiophene rings is 1. The van der Waals surface area contributed by atoms with E-state index in [4.69, 9.17) is 5.73 Å². The molecule has 1 fully saturated rings. The molecule has 0 atom stereocenters. The summed E-state index contributed by atoms with van der Waals surface area (Å²) >= 11 is 3.17. The molecule has 1 aromatic heterocycles. The molecule has 112 valence electrons.